The van der Waals surface area contributed by atoms with Crippen molar-refractivity contribution in [2.75, 3.05) is 43.2 Å². The van der Waals surface area contributed by atoms with Crippen LogP contribution in [0, 0.1) is 0 Å². The van der Waals surface area contributed by atoms with Crippen LogP contribution in [0.2, 0.25) is 0 Å². The van der Waals surface area contributed by atoms with Crippen LogP contribution in [0.4, 0.5) is 11.8 Å². The van der Waals surface area contributed by atoms with Crippen molar-refractivity contribution in [1.29, 1.82) is 0 Å². The SMILES string of the molecule is CN(Cc1cccnc1)c1ncc(C(C)(C)C(=O)O)c(N2CCOCC2)n1. The third-order valence-corrected chi connectivity index (χ3v) is 4.76. The smallest absolute Gasteiger partial charge is 0.313 e. The molecule has 144 valence electrons. The first-order chi connectivity index (χ1) is 12.9. The number of carboxylic acids is 1. The Hall–Kier alpha value is -2.74. The molecule has 0 spiro atoms. The quantitative estimate of drug-likeness (QED) is 0.820. The molecule has 27 heavy (non-hydrogen) atoms. The van der Waals surface area contributed by atoms with E-state index in [2.05, 4.69) is 14.9 Å². The van der Waals surface area contributed by atoms with Crippen LogP contribution in [0.15, 0.2) is 30.7 Å². The normalized spacial score (nSPS) is 14.9. The van der Waals surface area contributed by atoms with Gasteiger partial charge in [-0.1, -0.05) is 6.07 Å². The lowest BCUT2D eigenvalue weighted by atomic mass is 9.85. The van der Waals surface area contributed by atoms with Crippen LogP contribution in [0.3, 0.4) is 0 Å². The number of aromatic nitrogens is 3. The fourth-order valence-electron chi connectivity index (χ4n) is 2.96. The number of ether oxygens (including phenoxy) is 1. The third kappa shape index (κ3) is 4.16. The zero-order chi connectivity index (χ0) is 19.4. The fourth-order valence-corrected chi connectivity index (χ4v) is 2.96. The monoisotopic (exact) mass is 371 g/mol. The standard InChI is InChI=1S/C19H25N5O3/c1-19(2,17(25)26)15-12-21-18(22-16(15)24-7-9-27-10-8-24)23(3)13-14-5-4-6-20-11-14/h4-6,11-12H,7-10,13H2,1-3H3,(H,25,26). The molecule has 8 heteroatoms. The Morgan fingerprint density at radius 2 is 2.07 bits per heavy atom. The van der Waals surface area contributed by atoms with E-state index >= 15 is 0 Å². The summed E-state index contributed by atoms with van der Waals surface area (Å²) in [4.78, 5) is 29.1. The Kier molecular flexibility index (Phi) is 5.55. The minimum atomic E-state index is -1.09. The summed E-state index contributed by atoms with van der Waals surface area (Å²) in [6, 6.07) is 3.88. The predicted octanol–water partition coefficient (Wildman–Crippen LogP) is 1.71. The van der Waals surface area contributed by atoms with Crippen molar-refractivity contribution in [1.82, 2.24) is 15.0 Å². The zero-order valence-corrected chi connectivity index (χ0v) is 15.9. The largest absolute Gasteiger partial charge is 0.481 e. The first-order valence-corrected chi connectivity index (χ1v) is 8.93. The Bertz CT molecular complexity index is 791. The number of carbonyl (C=O) groups is 1. The molecule has 1 aliphatic heterocycles. The minimum Gasteiger partial charge on any atom is -0.481 e. The molecule has 2 aromatic rings. The van der Waals surface area contributed by atoms with Crippen molar-refractivity contribution < 1.29 is 14.6 Å². The van der Waals surface area contributed by atoms with Crippen LogP contribution in [-0.2, 0) is 21.5 Å². The number of morpholine rings is 1. The van der Waals surface area contributed by atoms with Crippen molar-refractivity contribution in [3.05, 3.63) is 41.9 Å². The van der Waals surface area contributed by atoms with Gasteiger partial charge in [0.1, 0.15) is 5.82 Å². The van der Waals surface area contributed by atoms with E-state index in [1.165, 1.54) is 0 Å². The van der Waals surface area contributed by atoms with Gasteiger partial charge in [-0.25, -0.2) is 4.98 Å². The van der Waals surface area contributed by atoms with Crippen LogP contribution in [0.25, 0.3) is 0 Å². The molecular formula is C19H25N5O3. The molecule has 0 unspecified atom stereocenters. The molecule has 1 aliphatic rings. The van der Waals surface area contributed by atoms with E-state index in [9.17, 15) is 9.90 Å². The van der Waals surface area contributed by atoms with E-state index in [4.69, 9.17) is 9.72 Å². The minimum absolute atomic E-state index is 0.547. The highest BCUT2D eigenvalue weighted by Crippen LogP contribution is 2.32. The topological polar surface area (TPSA) is 91.7 Å². The van der Waals surface area contributed by atoms with Gasteiger partial charge in [0.2, 0.25) is 5.95 Å². The van der Waals surface area contributed by atoms with Crippen molar-refractivity contribution >= 4 is 17.7 Å². The number of aliphatic carboxylic acids is 1. The summed E-state index contributed by atoms with van der Waals surface area (Å²) >= 11 is 0. The van der Waals surface area contributed by atoms with Crippen molar-refractivity contribution in [2.45, 2.75) is 25.8 Å². The molecule has 1 N–H and O–H groups in total. The number of carboxylic acid groups (broad SMARTS) is 1. The first kappa shape index (κ1) is 19.0. The Morgan fingerprint density at radius 1 is 1.33 bits per heavy atom. The maximum Gasteiger partial charge on any atom is 0.313 e. The number of pyridine rings is 1. The second-order valence-electron chi connectivity index (χ2n) is 7.15. The van der Waals surface area contributed by atoms with E-state index in [1.807, 2.05) is 24.1 Å². The van der Waals surface area contributed by atoms with Gasteiger partial charge >= 0.3 is 5.97 Å². The second-order valence-corrected chi connectivity index (χ2v) is 7.15. The molecule has 0 bridgehead atoms. The summed E-state index contributed by atoms with van der Waals surface area (Å²) in [7, 11) is 1.91. The fraction of sp³-hybridized carbons (Fsp3) is 0.474. The molecule has 0 saturated carbocycles. The summed E-state index contributed by atoms with van der Waals surface area (Å²) in [6.45, 7) is 6.50. The van der Waals surface area contributed by atoms with Gasteiger partial charge in [-0.3, -0.25) is 9.78 Å². The number of hydrogen-bond acceptors (Lipinski definition) is 7. The average molecular weight is 371 g/mol. The summed E-state index contributed by atoms with van der Waals surface area (Å²) in [5.74, 6) is 0.302. The van der Waals surface area contributed by atoms with Crippen LogP contribution in [0.5, 0.6) is 0 Å². The van der Waals surface area contributed by atoms with E-state index in [1.54, 1.807) is 32.4 Å². The lowest BCUT2D eigenvalue weighted by Gasteiger charge is -2.33. The maximum atomic E-state index is 11.8. The molecule has 3 heterocycles. The summed E-state index contributed by atoms with van der Waals surface area (Å²) in [6.07, 6.45) is 5.18. The van der Waals surface area contributed by atoms with E-state index in [-0.39, 0.29) is 0 Å². The van der Waals surface area contributed by atoms with Gasteiger partial charge in [-0.15, -0.1) is 0 Å². The van der Waals surface area contributed by atoms with Gasteiger partial charge in [0.15, 0.2) is 0 Å². The Morgan fingerprint density at radius 3 is 2.70 bits per heavy atom. The van der Waals surface area contributed by atoms with Gasteiger partial charge in [0, 0.05) is 50.8 Å². The molecule has 1 saturated heterocycles. The van der Waals surface area contributed by atoms with Crippen LogP contribution in [-0.4, -0.2) is 59.4 Å². The second kappa shape index (κ2) is 7.87. The van der Waals surface area contributed by atoms with Crippen molar-refractivity contribution in [2.24, 2.45) is 0 Å². The highest BCUT2D eigenvalue weighted by Gasteiger charge is 2.35. The number of rotatable bonds is 6. The van der Waals surface area contributed by atoms with Crippen LogP contribution < -0.4 is 9.80 Å². The molecule has 0 radical (unpaired) electrons. The molecule has 2 aromatic heterocycles. The number of anilines is 2. The molecule has 3 rings (SSSR count). The van der Waals surface area contributed by atoms with Crippen LogP contribution in [0.1, 0.15) is 25.0 Å². The van der Waals surface area contributed by atoms with Gasteiger partial charge in [-0.2, -0.15) is 4.98 Å². The summed E-state index contributed by atoms with van der Waals surface area (Å²) in [5, 5.41) is 9.67. The first-order valence-electron chi connectivity index (χ1n) is 8.93. The molecular weight excluding hydrogens is 346 g/mol. The lowest BCUT2D eigenvalue weighted by molar-refractivity contribution is -0.142. The highest BCUT2D eigenvalue weighted by molar-refractivity contribution is 5.82. The van der Waals surface area contributed by atoms with E-state index in [0.717, 1.165) is 5.56 Å². The van der Waals surface area contributed by atoms with Crippen LogP contribution >= 0.6 is 0 Å². The molecule has 0 atom stereocenters. The average Bonchev–Trinajstić information content (AvgIpc) is 2.68. The third-order valence-electron chi connectivity index (χ3n) is 4.76. The van der Waals surface area contributed by atoms with E-state index < -0.39 is 11.4 Å². The number of hydrogen-bond donors (Lipinski definition) is 1. The molecule has 0 amide bonds. The van der Waals surface area contributed by atoms with Crippen molar-refractivity contribution in [3.63, 3.8) is 0 Å². The van der Waals surface area contributed by atoms with Gasteiger partial charge in [0.05, 0.1) is 18.6 Å². The Balaban J connectivity index is 1.95. The summed E-state index contributed by atoms with van der Waals surface area (Å²) < 4.78 is 5.43. The van der Waals surface area contributed by atoms with Gasteiger partial charge in [0.25, 0.3) is 0 Å². The van der Waals surface area contributed by atoms with Crippen molar-refractivity contribution in [3.8, 4) is 0 Å². The summed E-state index contributed by atoms with van der Waals surface area (Å²) in [5.41, 5.74) is 0.565. The molecule has 0 aliphatic carbocycles. The maximum absolute atomic E-state index is 11.8. The lowest BCUT2D eigenvalue weighted by Crippen LogP contribution is -2.40. The molecule has 0 aromatic carbocycles. The number of nitrogens with zero attached hydrogens (tertiary/aromatic N) is 5. The Labute approximate surface area is 158 Å². The molecule has 8 nitrogen and oxygen atoms in total. The highest BCUT2D eigenvalue weighted by atomic mass is 16.5. The van der Waals surface area contributed by atoms with Gasteiger partial charge in [-0.05, 0) is 25.5 Å². The molecule has 1 fully saturated rings. The van der Waals surface area contributed by atoms with E-state index in [0.29, 0.717) is 50.2 Å². The predicted molar refractivity (Wildman–Crippen MR) is 102 cm³/mol. The zero-order valence-electron chi connectivity index (χ0n) is 15.9. The van der Waals surface area contributed by atoms with Gasteiger partial charge < -0.3 is 19.6 Å².